The van der Waals surface area contributed by atoms with E-state index in [-0.39, 0.29) is 23.8 Å². The van der Waals surface area contributed by atoms with Gasteiger partial charge in [-0.3, -0.25) is 14.6 Å². The second-order valence-electron chi connectivity index (χ2n) is 8.43. The summed E-state index contributed by atoms with van der Waals surface area (Å²) >= 11 is 0. The lowest BCUT2D eigenvalue weighted by molar-refractivity contribution is -0.133. The van der Waals surface area contributed by atoms with E-state index in [1.165, 1.54) is 11.1 Å². The molecular formula is C23H28N4O2. The fourth-order valence-electron chi connectivity index (χ4n) is 4.80. The quantitative estimate of drug-likeness (QED) is 0.801. The predicted octanol–water partition coefficient (Wildman–Crippen LogP) is 2.22. The highest BCUT2D eigenvalue weighted by atomic mass is 16.2. The summed E-state index contributed by atoms with van der Waals surface area (Å²) in [7, 11) is 3.84. The largest absolute Gasteiger partial charge is 0.337 e. The molecule has 0 N–H and O–H groups in total. The molecule has 2 fully saturated rings. The van der Waals surface area contributed by atoms with Gasteiger partial charge in [0.1, 0.15) is 5.69 Å². The third kappa shape index (κ3) is 3.77. The van der Waals surface area contributed by atoms with E-state index in [4.69, 9.17) is 0 Å². The maximum atomic E-state index is 13.0. The fraction of sp³-hybridized carbons (Fsp3) is 0.435. The van der Waals surface area contributed by atoms with Gasteiger partial charge in [0.25, 0.3) is 5.91 Å². The molecule has 0 unspecified atom stereocenters. The van der Waals surface area contributed by atoms with Crippen LogP contribution in [0.5, 0.6) is 0 Å². The van der Waals surface area contributed by atoms with Gasteiger partial charge in [0.2, 0.25) is 5.91 Å². The lowest BCUT2D eigenvalue weighted by Gasteiger charge is -2.31. The van der Waals surface area contributed by atoms with Crippen molar-refractivity contribution >= 4 is 11.8 Å². The zero-order valence-corrected chi connectivity index (χ0v) is 17.3. The number of aryl methyl sites for hydroxylation is 1. The summed E-state index contributed by atoms with van der Waals surface area (Å²) in [6.07, 6.45) is 1.65. The highest BCUT2D eigenvalue weighted by Crippen LogP contribution is 2.46. The Morgan fingerprint density at radius 2 is 1.83 bits per heavy atom. The molecule has 152 valence electrons. The summed E-state index contributed by atoms with van der Waals surface area (Å²) in [5, 5.41) is 0. The van der Waals surface area contributed by atoms with Crippen LogP contribution in [0, 0.1) is 18.8 Å². The molecule has 0 radical (unpaired) electrons. The Kier molecular flexibility index (Phi) is 5.37. The number of amides is 2. The number of rotatable bonds is 4. The van der Waals surface area contributed by atoms with Gasteiger partial charge in [-0.1, -0.05) is 30.3 Å². The zero-order valence-electron chi connectivity index (χ0n) is 17.3. The Morgan fingerprint density at radius 1 is 1.07 bits per heavy atom. The third-order valence-electron chi connectivity index (χ3n) is 6.11. The monoisotopic (exact) mass is 392 g/mol. The minimum Gasteiger partial charge on any atom is -0.337 e. The standard InChI is InChI=1S/C23H28N4O2/c1-16-8-4-5-9-18(16)22-19-14-26(23(29)20-10-6-7-11-24-20)12-17(19)13-27(22)21(28)15-25(2)3/h4-11,17,19,22H,12-15H2,1-3H3/t17-,19-,22+/m1/s1. The first-order valence-corrected chi connectivity index (χ1v) is 10.2. The van der Waals surface area contributed by atoms with E-state index in [1.807, 2.05) is 53.1 Å². The Balaban J connectivity index is 1.61. The normalized spacial score (nSPS) is 23.5. The van der Waals surface area contributed by atoms with Crippen LogP contribution in [0.4, 0.5) is 0 Å². The van der Waals surface area contributed by atoms with E-state index >= 15 is 0 Å². The first kappa shape index (κ1) is 19.6. The number of nitrogens with zero attached hydrogens (tertiary/aromatic N) is 4. The minimum atomic E-state index is -0.0188. The average molecular weight is 393 g/mol. The van der Waals surface area contributed by atoms with Gasteiger partial charge < -0.3 is 14.7 Å². The van der Waals surface area contributed by atoms with Crippen molar-refractivity contribution in [1.82, 2.24) is 19.7 Å². The molecule has 2 aliphatic rings. The number of hydrogen-bond donors (Lipinski definition) is 0. The Hall–Kier alpha value is -2.73. The van der Waals surface area contributed by atoms with Gasteiger partial charge in [0.05, 0.1) is 12.6 Å². The van der Waals surface area contributed by atoms with Crippen molar-refractivity contribution < 1.29 is 9.59 Å². The van der Waals surface area contributed by atoms with E-state index in [2.05, 4.69) is 24.0 Å². The van der Waals surface area contributed by atoms with Crippen molar-refractivity contribution in [3.05, 3.63) is 65.5 Å². The van der Waals surface area contributed by atoms with Gasteiger partial charge in [-0.25, -0.2) is 0 Å². The molecule has 4 rings (SSSR count). The van der Waals surface area contributed by atoms with E-state index in [0.717, 1.165) is 0 Å². The van der Waals surface area contributed by atoms with Crippen molar-refractivity contribution in [2.45, 2.75) is 13.0 Å². The minimum absolute atomic E-state index is 0.00943. The van der Waals surface area contributed by atoms with Gasteiger partial charge in [0, 0.05) is 37.7 Å². The number of hydrogen-bond acceptors (Lipinski definition) is 4. The molecule has 2 amide bonds. The zero-order chi connectivity index (χ0) is 20.5. The number of likely N-dealkylation sites (N-methyl/N-ethyl adjacent to an activating group) is 1. The van der Waals surface area contributed by atoms with Gasteiger partial charge in [-0.15, -0.1) is 0 Å². The summed E-state index contributed by atoms with van der Waals surface area (Å²) in [4.78, 5) is 36.0. The van der Waals surface area contributed by atoms with Gasteiger partial charge in [-0.05, 0) is 44.3 Å². The number of likely N-dealkylation sites (tertiary alicyclic amines) is 2. The van der Waals surface area contributed by atoms with Crippen LogP contribution in [0.2, 0.25) is 0 Å². The van der Waals surface area contributed by atoms with Crippen molar-refractivity contribution in [3.8, 4) is 0 Å². The maximum absolute atomic E-state index is 13.0. The molecule has 1 aromatic heterocycles. The summed E-state index contributed by atoms with van der Waals surface area (Å²) in [6, 6.07) is 13.7. The van der Waals surface area contributed by atoms with Crippen LogP contribution in [0.25, 0.3) is 0 Å². The summed E-state index contributed by atoms with van der Waals surface area (Å²) in [5.41, 5.74) is 2.87. The SMILES string of the molecule is Cc1ccccc1[C@H]1[C@@H]2CN(C(=O)c3ccccn3)C[C@@H]2CN1C(=O)CN(C)C. The maximum Gasteiger partial charge on any atom is 0.272 e. The van der Waals surface area contributed by atoms with Crippen molar-refractivity contribution in [3.63, 3.8) is 0 Å². The van der Waals surface area contributed by atoms with Crippen molar-refractivity contribution in [2.75, 3.05) is 40.3 Å². The van der Waals surface area contributed by atoms with Crippen LogP contribution in [0.3, 0.4) is 0 Å². The molecule has 3 atom stereocenters. The Morgan fingerprint density at radius 3 is 2.52 bits per heavy atom. The fourth-order valence-corrected chi connectivity index (χ4v) is 4.80. The molecular weight excluding hydrogens is 364 g/mol. The molecule has 2 aromatic rings. The molecule has 6 heteroatoms. The lowest BCUT2D eigenvalue weighted by atomic mass is 9.87. The van der Waals surface area contributed by atoms with Gasteiger partial charge in [-0.2, -0.15) is 0 Å². The van der Waals surface area contributed by atoms with Crippen molar-refractivity contribution in [2.24, 2.45) is 11.8 Å². The van der Waals surface area contributed by atoms with Crippen LogP contribution < -0.4 is 0 Å². The number of fused-ring (bicyclic) bond motifs is 1. The van der Waals surface area contributed by atoms with E-state index in [0.29, 0.717) is 37.8 Å². The first-order chi connectivity index (χ1) is 14.0. The summed E-state index contributed by atoms with van der Waals surface area (Å²) < 4.78 is 0. The molecule has 2 aliphatic heterocycles. The number of pyridine rings is 1. The third-order valence-corrected chi connectivity index (χ3v) is 6.11. The van der Waals surface area contributed by atoms with E-state index in [9.17, 15) is 9.59 Å². The highest BCUT2D eigenvalue weighted by Gasteiger charge is 2.50. The van der Waals surface area contributed by atoms with Crippen molar-refractivity contribution in [1.29, 1.82) is 0 Å². The molecule has 29 heavy (non-hydrogen) atoms. The summed E-state index contributed by atoms with van der Waals surface area (Å²) in [6.45, 7) is 4.53. The number of carbonyl (C=O) groups excluding carboxylic acids is 2. The smallest absolute Gasteiger partial charge is 0.272 e. The number of benzene rings is 1. The van der Waals surface area contributed by atoms with Crippen LogP contribution >= 0.6 is 0 Å². The molecule has 6 nitrogen and oxygen atoms in total. The molecule has 0 bridgehead atoms. The molecule has 0 spiro atoms. The molecule has 2 saturated heterocycles. The van der Waals surface area contributed by atoms with Crippen LogP contribution in [-0.4, -0.2) is 71.8 Å². The second kappa shape index (κ2) is 7.95. The molecule has 0 saturated carbocycles. The van der Waals surface area contributed by atoms with Crippen LogP contribution in [-0.2, 0) is 4.79 Å². The Labute approximate surface area is 172 Å². The lowest BCUT2D eigenvalue weighted by Crippen LogP contribution is -2.41. The molecule has 1 aromatic carbocycles. The predicted molar refractivity (Wildman–Crippen MR) is 111 cm³/mol. The van der Waals surface area contributed by atoms with Crippen LogP contribution in [0.1, 0.15) is 27.7 Å². The van der Waals surface area contributed by atoms with Gasteiger partial charge >= 0.3 is 0 Å². The molecule has 0 aliphatic carbocycles. The highest BCUT2D eigenvalue weighted by molar-refractivity contribution is 5.92. The van der Waals surface area contributed by atoms with E-state index < -0.39 is 0 Å². The second-order valence-corrected chi connectivity index (χ2v) is 8.43. The first-order valence-electron chi connectivity index (χ1n) is 10.2. The molecule has 3 heterocycles. The number of aromatic nitrogens is 1. The van der Waals surface area contributed by atoms with E-state index in [1.54, 1.807) is 12.3 Å². The van der Waals surface area contributed by atoms with Crippen LogP contribution in [0.15, 0.2) is 48.7 Å². The number of carbonyl (C=O) groups is 2. The topological polar surface area (TPSA) is 56.8 Å². The summed E-state index contributed by atoms with van der Waals surface area (Å²) in [5.74, 6) is 0.670. The Bertz CT molecular complexity index is 899. The van der Waals surface area contributed by atoms with Gasteiger partial charge in [0.15, 0.2) is 0 Å². The average Bonchev–Trinajstić information content (AvgIpc) is 3.26.